The van der Waals surface area contributed by atoms with Gasteiger partial charge in [0, 0.05) is 16.7 Å². The van der Waals surface area contributed by atoms with Crippen LogP contribution in [0.3, 0.4) is 0 Å². The molecule has 0 aliphatic carbocycles. The topological polar surface area (TPSA) is 89.9 Å². The minimum Gasteiger partial charge on any atom is -0.478 e. The van der Waals surface area contributed by atoms with Gasteiger partial charge in [-0.25, -0.2) is 14.4 Å². The second kappa shape index (κ2) is 12.9. The minimum absolute atomic E-state index is 0.152. The highest BCUT2D eigenvalue weighted by atomic mass is 16.5. The summed E-state index contributed by atoms with van der Waals surface area (Å²) in [4.78, 5) is 33.7. The van der Waals surface area contributed by atoms with Crippen molar-refractivity contribution in [1.82, 2.24) is 0 Å². The molecule has 0 bridgehead atoms. The van der Waals surface area contributed by atoms with Gasteiger partial charge in [-0.3, -0.25) is 0 Å². The lowest BCUT2D eigenvalue weighted by molar-refractivity contribution is -0.139. The average molecular weight is 366 g/mol. The van der Waals surface area contributed by atoms with Crippen molar-refractivity contribution in [2.75, 3.05) is 13.2 Å². The Kier molecular flexibility index (Phi) is 11.7. The summed E-state index contributed by atoms with van der Waals surface area (Å²) >= 11 is 0. The van der Waals surface area contributed by atoms with E-state index in [2.05, 4.69) is 19.7 Å². The number of carboxylic acid groups (broad SMARTS) is 1. The largest absolute Gasteiger partial charge is 0.478 e. The highest BCUT2D eigenvalue weighted by Gasteiger charge is 2.18. The Balaban J connectivity index is 4.17. The van der Waals surface area contributed by atoms with Crippen LogP contribution >= 0.6 is 0 Å². The molecule has 0 amide bonds. The standard InChI is InChI=1S/C20H30O6/c1-14(2)19(23)25-12-8-6-10-17(16(5)18(21)22)11-7-9-13-26-20(24)15(3)4/h17H,1,3,5-13H2,2,4H3,(H,21,22). The number of aliphatic carboxylic acids is 1. The number of carbonyl (C=O) groups excluding carboxylic acids is 2. The molecule has 0 fully saturated rings. The SMILES string of the molecule is C=C(C)C(=O)OCCCCC(CCCCOC(=O)C(=C)C)C(=C)C(=O)O. The Morgan fingerprint density at radius 3 is 1.50 bits per heavy atom. The highest BCUT2D eigenvalue weighted by Crippen LogP contribution is 2.23. The Labute approximate surface area is 155 Å². The molecule has 0 heterocycles. The monoisotopic (exact) mass is 366 g/mol. The van der Waals surface area contributed by atoms with E-state index in [9.17, 15) is 14.4 Å². The summed E-state index contributed by atoms with van der Waals surface area (Å²) < 4.78 is 10.0. The lowest BCUT2D eigenvalue weighted by atomic mass is 9.89. The molecule has 0 spiro atoms. The van der Waals surface area contributed by atoms with Crippen molar-refractivity contribution in [2.45, 2.75) is 52.4 Å². The van der Waals surface area contributed by atoms with E-state index in [0.717, 1.165) is 12.8 Å². The number of esters is 2. The summed E-state index contributed by atoms with van der Waals surface area (Å²) in [6.45, 7) is 14.4. The third kappa shape index (κ3) is 10.5. The van der Waals surface area contributed by atoms with Crippen LogP contribution < -0.4 is 0 Å². The molecule has 0 saturated heterocycles. The number of carbonyl (C=O) groups is 3. The Morgan fingerprint density at radius 2 is 1.19 bits per heavy atom. The zero-order valence-electron chi connectivity index (χ0n) is 15.8. The van der Waals surface area contributed by atoms with Crippen molar-refractivity contribution < 1.29 is 29.0 Å². The fraction of sp³-hybridized carbons (Fsp3) is 0.550. The van der Waals surface area contributed by atoms with Crippen molar-refractivity contribution in [3.05, 3.63) is 36.5 Å². The Morgan fingerprint density at radius 1 is 0.808 bits per heavy atom. The molecule has 146 valence electrons. The van der Waals surface area contributed by atoms with Gasteiger partial charge >= 0.3 is 17.9 Å². The molecule has 0 aromatic heterocycles. The van der Waals surface area contributed by atoms with Gasteiger partial charge in [0.2, 0.25) is 0 Å². The van der Waals surface area contributed by atoms with Gasteiger partial charge in [-0.2, -0.15) is 0 Å². The quantitative estimate of drug-likeness (QED) is 0.285. The molecule has 6 heteroatoms. The smallest absolute Gasteiger partial charge is 0.333 e. The summed E-state index contributed by atoms with van der Waals surface area (Å²) in [5.41, 5.74) is 0.895. The van der Waals surface area contributed by atoms with Crippen LogP contribution in [0.5, 0.6) is 0 Å². The molecule has 0 aliphatic rings. The first kappa shape index (κ1) is 23.6. The number of unbranched alkanes of at least 4 members (excludes halogenated alkanes) is 2. The zero-order valence-corrected chi connectivity index (χ0v) is 15.8. The maximum atomic E-state index is 11.3. The second-order valence-corrected chi connectivity index (χ2v) is 6.35. The predicted octanol–water partition coefficient (Wildman–Crippen LogP) is 3.82. The highest BCUT2D eigenvalue weighted by molar-refractivity contribution is 5.87. The number of hydrogen-bond donors (Lipinski definition) is 1. The molecule has 1 N–H and O–H groups in total. The first-order chi connectivity index (χ1) is 12.2. The van der Waals surface area contributed by atoms with E-state index in [1.165, 1.54) is 0 Å². The molecular weight excluding hydrogens is 336 g/mol. The van der Waals surface area contributed by atoms with E-state index in [-0.39, 0.29) is 24.7 Å². The van der Waals surface area contributed by atoms with E-state index in [1.807, 2.05) is 0 Å². The lowest BCUT2D eigenvalue weighted by Gasteiger charge is -2.17. The molecule has 0 aliphatic heterocycles. The average Bonchev–Trinajstić information content (AvgIpc) is 2.57. The first-order valence-electron chi connectivity index (χ1n) is 8.74. The summed E-state index contributed by atoms with van der Waals surface area (Å²) in [6.07, 6.45) is 4.07. The molecule has 0 saturated carbocycles. The van der Waals surface area contributed by atoms with E-state index < -0.39 is 17.9 Å². The lowest BCUT2D eigenvalue weighted by Crippen LogP contribution is -2.13. The molecule has 26 heavy (non-hydrogen) atoms. The van der Waals surface area contributed by atoms with Crippen molar-refractivity contribution in [3.8, 4) is 0 Å². The van der Waals surface area contributed by atoms with Gasteiger partial charge in [0.25, 0.3) is 0 Å². The van der Waals surface area contributed by atoms with Crippen LogP contribution in [0.2, 0.25) is 0 Å². The summed E-state index contributed by atoms with van der Waals surface area (Å²) in [5.74, 6) is -1.99. The third-order valence-electron chi connectivity index (χ3n) is 3.82. The molecular formula is C20H30O6. The van der Waals surface area contributed by atoms with Gasteiger partial charge in [0.15, 0.2) is 0 Å². The van der Waals surface area contributed by atoms with Gasteiger partial charge in [-0.1, -0.05) is 19.7 Å². The van der Waals surface area contributed by atoms with E-state index in [1.54, 1.807) is 13.8 Å². The molecule has 0 rings (SSSR count). The van der Waals surface area contributed by atoms with Crippen LogP contribution in [0.15, 0.2) is 36.5 Å². The molecule has 0 atom stereocenters. The van der Waals surface area contributed by atoms with Gasteiger partial charge < -0.3 is 14.6 Å². The number of carboxylic acids is 1. The molecule has 0 radical (unpaired) electrons. The van der Waals surface area contributed by atoms with E-state index in [4.69, 9.17) is 14.6 Å². The van der Waals surface area contributed by atoms with Gasteiger partial charge in [-0.05, 0) is 58.3 Å². The number of ether oxygens (including phenoxy) is 2. The van der Waals surface area contributed by atoms with Crippen LogP contribution in [0.4, 0.5) is 0 Å². The van der Waals surface area contributed by atoms with Crippen LogP contribution in [0, 0.1) is 5.92 Å². The van der Waals surface area contributed by atoms with Crippen LogP contribution in [0.1, 0.15) is 52.4 Å². The minimum atomic E-state index is -1.00. The van der Waals surface area contributed by atoms with Crippen molar-refractivity contribution >= 4 is 17.9 Å². The summed E-state index contributed by atoms with van der Waals surface area (Å²) in [7, 11) is 0. The van der Waals surface area contributed by atoms with Crippen LogP contribution in [0.25, 0.3) is 0 Å². The molecule has 6 nitrogen and oxygen atoms in total. The summed E-state index contributed by atoms with van der Waals surface area (Å²) in [6, 6.07) is 0. The molecule has 0 unspecified atom stereocenters. The van der Waals surface area contributed by atoms with Gasteiger partial charge in [0.1, 0.15) is 0 Å². The molecule has 0 aromatic rings. The van der Waals surface area contributed by atoms with Crippen LogP contribution in [-0.4, -0.2) is 36.2 Å². The maximum absolute atomic E-state index is 11.3. The second-order valence-electron chi connectivity index (χ2n) is 6.35. The first-order valence-corrected chi connectivity index (χ1v) is 8.74. The fourth-order valence-electron chi connectivity index (χ4n) is 2.23. The van der Waals surface area contributed by atoms with E-state index in [0.29, 0.717) is 36.8 Å². The van der Waals surface area contributed by atoms with Crippen molar-refractivity contribution in [3.63, 3.8) is 0 Å². The normalized spacial score (nSPS) is 10.3. The van der Waals surface area contributed by atoms with Gasteiger partial charge in [0.05, 0.1) is 13.2 Å². The van der Waals surface area contributed by atoms with Crippen LogP contribution in [-0.2, 0) is 23.9 Å². The summed E-state index contributed by atoms with van der Waals surface area (Å²) in [5, 5.41) is 9.17. The number of hydrogen-bond acceptors (Lipinski definition) is 5. The predicted molar refractivity (Wildman–Crippen MR) is 99.5 cm³/mol. The van der Waals surface area contributed by atoms with Crippen molar-refractivity contribution in [1.29, 1.82) is 0 Å². The molecule has 0 aromatic carbocycles. The maximum Gasteiger partial charge on any atom is 0.333 e. The Bertz CT molecular complexity index is 511. The van der Waals surface area contributed by atoms with E-state index >= 15 is 0 Å². The van der Waals surface area contributed by atoms with Crippen molar-refractivity contribution in [2.24, 2.45) is 5.92 Å². The third-order valence-corrected chi connectivity index (χ3v) is 3.82. The van der Waals surface area contributed by atoms with Gasteiger partial charge in [-0.15, -0.1) is 0 Å². The fourth-order valence-corrected chi connectivity index (χ4v) is 2.23. The zero-order chi connectivity index (χ0) is 20.1. The number of rotatable bonds is 14. The Hall–Kier alpha value is -2.37.